The molecule has 0 fully saturated rings. The molecule has 1 amide bonds. The molecule has 7 rings (SSSR count). The number of benzene rings is 2. The lowest BCUT2D eigenvalue weighted by Gasteiger charge is -2.43. The number of carbonyl (C=O) groups is 3. The fraction of sp³-hybridized carbons (Fsp3) is 0.429. The molecule has 1 aliphatic heterocycles. The number of halogens is 1. The molecule has 9 heteroatoms. The highest BCUT2D eigenvalue weighted by Crippen LogP contribution is 2.53. The summed E-state index contributed by atoms with van der Waals surface area (Å²) in [7, 11) is 0. The van der Waals surface area contributed by atoms with Crippen LogP contribution >= 0.6 is 11.6 Å². The number of fused-ring (bicyclic) bond motifs is 3. The molecule has 0 aromatic heterocycles. The number of dihydropyridines is 1. The number of aliphatic imine (C=N–C) groups is 1. The third-order valence-electron chi connectivity index (χ3n) is 11.3. The minimum Gasteiger partial charge on any atom is -0.507 e. The highest BCUT2D eigenvalue weighted by atomic mass is 35.5. The van der Waals surface area contributed by atoms with Gasteiger partial charge in [-0.25, -0.2) is 0 Å². The first kappa shape index (κ1) is 35.0. The molecule has 4 aliphatic carbocycles. The van der Waals surface area contributed by atoms with E-state index < -0.39 is 23.2 Å². The second-order valence-electron chi connectivity index (χ2n) is 14.8. The van der Waals surface area contributed by atoms with E-state index in [0.717, 1.165) is 51.5 Å². The number of hydrogen-bond acceptors (Lipinski definition) is 7. The van der Waals surface area contributed by atoms with Gasteiger partial charge in [0.05, 0.1) is 16.2 Å². The summed E-state index contributed by atoms with van der Waals surface area (Å²) in [5.74, 6) is -0.835. The Morgan fingerprint density at radius 3 is 2.45 bits per heavy atom. The number of nitrogens with one attached hydrogen (secondary N) is 2. The van der Waals surface area contributed by atoms with Crippen LogP contribution in [-0.4, -0.2) is 52.5 Å². The van der Waals surface area contributed by atoms with Gasteiger partial charge < -0.3 is 20.8 Å². The van der Waals surface area contributed by atoms with Crippen molar-refractivity contribution in [3.8, 4) is 11.5 Å². The maximum absolute atomic E-state index is 13.1. The molecule has 4 bridgehead atoms. The average molecular weight is 708 g/mol. The molecule has 8 nitrogen and oxygen atoms in total. The number of allylic oxidation sites excluding steroid dienone is 4. The highest BCUT2D eigenvalue weighted by molar-refractivity contribution is 6.39. The third-order valence-corrected chi connectivity index (χ3v) is 11.5. The number of hydrogen-bond donors (Lipinski definition) is 4. The Balaban J connectivity index is 0.806. The molecule has 4 N–H and O–H groups in total. The molecule has 4 unspecified atom stereocenters. The lowest BCUT2D eigenvalue weighted by atomic mass is 9.66. The first-order chi connectivity index (χ1) is 24.7. The van der Waals surface area contributed by atoms with Gasteiger partial charge in [-0.05, 0) is 80.9 Å². The van der Waals surface area contributed by atoms with Crippen LogP contribution in [0, 0.1) is 17.8 Å². The molecular formula is C42H46ClN3O5. The fourth-order valence-corrected chi connectivity index (χ4v) is 8.98. The summed E-state index contributed by atoms with van der Waals surface area (Å²) < 4.78 is 0. The Morgan fingerprint density at radius 2 is 1.67 bits per heavy atom. The Hall–Kier alpha value is -4.43. The van der Waals surface area contributed by atoms with Gasteiger partial charge in [0.25, 0.3) is 5.91 Å². The van der Waals surface area contributed by atoms with Crippen molar-refractivity contribution < 1.29 is 24.6 Å². The van der Waals surface area contributed by atoms with E-state index in [9.17, 15) is 24.6 Å². The summed E-state index contributed by atoms with van der Waals surface area (Å²) >= 11 is 6.39. The predicted molar refractivity (Wildman–Crippen MR) is 200 cm³/mol. The van der Waals surface area contributed by atoms with E-state index in [1.807, 2.05) is 6.21 Å². The Labute approximate surface area is 304 Å². The van der Waals surface area contributed by atoms with Gasteiger partial charge >= 0.3 is 0 Å². The van der Waals surface area contributed by atoms with Crippen LogP contribution < -0.4 is 10.6 Å². The van der Waals surface area contributed by atoms with Crippen LogP contribution in [0.2, 0.25) is 0 Å². The second kappa shape index (κ2) is 14.7. The molecular weight excluding hydrogens is 662 g/mol. The van der Waals surface area contributed by atoms with Crippen molar-refractivity contribution in [3.63, 3.8) is 0 Å². The summed E-state index contributed by atoms with van der Waals surface area (Å²) in [6.07, 6.45) is 23.4. The number of ketones is 2. The van der Waals surface area contributed by atoms with Crippen molar-refractivity contribution in [2.75, 3.05) is 13.1 Å². The Bertz CT molecular complexity index is 1920. The highest BCUT2D eigenvalue weighted by Gasteiger charge is 2.50. The van der Waals surface area contributed by atoms with Crippen molar-refractivity contribution in [2.24, 2.45) is 22.7 Å². The standard InChI is InChI=1S/C42H46ClN3O5/c1-25-17-27-19-26-13-14-29-22-30(43)24-46-42(29,33(26)18-25)23-34(27)44-15-8-6-4-2-3-5-7-9-16-45-41(51)28-20-32-38(36(48)21-28)40(50)37-31(39(32)49)11-10-12-35(37)47/h10-12,14,18,20-24,26-27,33,44,47-48H,2-9,13,15-17,19H2,1H3,(H,45,51). The zero-order valence-electron chi connectivity index (χ0n) is 29.1. The summed E-state index contributed by atoms with van der Waals surface area (Å²) in [5.41, 5.74) is 3.55. The molecule has 51 heavy (non-hydrogen) atoms. The van der Waals surface area contributed by atoms with Crippen LogP contribution in [-0.2, 0) is 0 Å². The molecule has 2 aromatic carbocycles. The van der Waals surface area contributed by atoms with Crippen LogP contribution in [0.1, 0.15) is 120 Å². The molecule has 2 aromatic rings. The summed E-state index contributed by atoms with van der Waals surface area (Å²) in [5, 5.41) is 28.1. The van der Waals surface area contributed by atoms with Crippen LogP contribution in [0.4, 0.5) is 0 Å². The second-order valence-corrected chi connectivity index (χ2v) is 15.3. The first-order valence-electron chi connectivity index (χ1n) is 18.5. The largest absolute Gasteiger partial charge is 0.507 e. The van der Waals surface area contributed by atoms with Crippen molar-refractivity contribution >= 4 is 35.3 Å². The van der Waals surface area contributed by atoms with Crippen molar-refractivity contribution in [1.29, 1.82) is 0 Å². The quantitative estimate of drug-likeness (QED) is 0.105. The van der Waals surface area contributed by atoms with E-state index in [4.69, 9.17) is 16.6 Å². The lowest BCUT2D eigenvalue weighted by Crippen LogP contribution is -2.43. The number of carbonyl (C=O) groups excluding carboxylic acids is 3. The van der Waals surface area contributed by atoms with E-state index in [0.29, 0.717) is 29.3 Å². The van der Waals surface area contributed by atoms with E-state index in [1.54, 1.807) is 0 Å². The molecule has 0 saturated heterocycles. The van der Waals surface area contributed by atoms with E-state index >= 15 is 0 Å². The van der Waals surface area contributed by atoms with Gasteiger partial charge in [0.15, 0.2) is 5.78 Å². The topological polar surface area (TPSA) is 128 Å². The fourth-order valence-electron chi connectivity index (χ4n) is 8.81. The number of phenols is 2. The minimum absolute atomic E-state index is 0.0361. The number of amides is 1. The number of unbranched alkanes of at least 4 members (excludes halogenated alkanes) is 7. The average Bonchev–Trinajstić information content (AvgIpc) is 3.32. The Kier molecular flexibility index (Phi) is 10.1. The zero-order chi connectivity index (χ0) is 35.7. The number of aromatic hydroxyl groups is 2. The van der Waals surface area contributed by atoms with Crippen molar-refractivity contribution in [2.45, 2.75) is 83.1 Å². The van der Waals surface area contributed by atoms with Gasteiger partial charge in [0.1, 0.15) is 17.0 Å². The monoisotopic (exact) mass is 707 g/mol. The van der Waals surface area contributed by atoms with Crippen LogP contribution in [0.5, 0.6) is 11.5 Å². The van der Waals surface area contributed by atoms with E-state index in [-0.39, 0.29) is 39.1 Å². The first-order valence-corrected chi connectivity index (χ1v) is 18.9. The summed E-state index contributed by atoms with van der Waals surface area (Å²) in [6, 6.07) is 6.81. The summed E-state index contributed by atoms with van der Waals surface area (Å²) in [4.78, 5) is 44.0. The molecule has 266 valence electrons. The van der Waals surface area contributed by atoms with Gasteiger partial charge in [-0.3, -0.25) is 19.4 Å². The van der Waals surface area contributed by atoms with Gasteiger partial charge in [0.2, 0.25) is 5.78 Å². The van der Waals surface area contributed by atoms with Gasteiger partial charge in [-0.2, -0.15) is 0 Å². The smallest absolute Gasteiger partial charge is 0.251 e. The number of phenolic OH excluding ortho intramolecular Hbond substituents is 2. The predicted octanol–water partition coefficient (Wildman–Crippen LogP) is 8.08. The van der Waals surface area contributed by atoms with E-state index in [1.165, 1.54) is 72.9 Å². The maximum Gasteiger partial charge on any atom is 0.251 e. The van der Waals surface area contributed by atoms with E-state index in [2.05, 4.69) is 41.9 Å². The van der Waals surface area contributed by atoms with Crippen molar-refractivity contribution in [1.82, 2.24) is 10.6 Å². The molecule has 1 spiro atoms. The van der Waals surface area contributed by atoms with Gasteiger partial charge in [-0.1, -0.05) is 80.0 Å². The normalized spacial score (nSPS) is 24.2. The minimum atomic E-state index is -0.641. The van der Waals surface area contributed by atoms with Crippen molar-refractivity contribution in [3.05, 3.63) is 104 Å². The van der Waals surface area contributed by atoms with Crippen LogP contribution in [0.15, 0.2) is 81.5 Å². The van der Waals surface area contributed by atoms with Gasteiger partial charge in [-0.15, -0.1) is 0 Å². The molecule has 0 radical (unpaired) electrons. The molecule has 5 aliphatic rings. The Morgan fingerprint density at radius 1 is 0.941 bits per heavy atom. The SMILES string of the molecule is CC1=CC2C3CC=C4C=C(Cl)C=NC42C=C(NCCCCCCCCCCNC(=O)c2cc(O)c4c(c2)C(=O)c2cccc(O)c2C4=O)C(C1)C3. The molecule has 4 atom stereocenters. The third kappa shape index (κ3) is 6.83. The van der Waals surface area contributed by atoms with Crippen LogP contribution in [0.3, 0.4) is 0 Å². The number of nitrogens with zero attached hydrogens (tertiary/aromatic N) is 1. The zero-order valence-corrected chi connectivity index (χ0v) is 29.9. The lowest BCUT2D eigenvalue weighted by molar-refractivity contribution is 0.0948. The molecule has 0 saturated carbocycles. The van der Waals surface area contributed by atoms with Crippen LogP contribution in [0.25, 0.3) is 0 Å². The summed E-state index contributed by atoms with van der Waals surface area (Å²) in [6.45, 7) is 3.73. The number of rotatable bonds is 13. The molecule has 1 heterocycles. The maximum atomic E-state index is 13.1. The van der Waals surface area contributed by atoms with Gasteiger partial charge in [0, 0.05) is 53.5 Å².